The van der Waals surface area contributed by atoms with E-state index >= 15 is 0 Å². The predicted octanol–water partition coefficient (Wildman–Crippen LogP) is 2.70. The van der Waals surface area contributed by atoms with E-state index in [0.717, 1.165) is 51.9 Å². The third-order valence-electron chi connectivity index (χ3n) is 6.94. The second-order valence-corrected chi connectivity index (χ2v) is 9.64. The van der Waals surface area contributed by atoms with Gasteiger partial charge in [0.25, 0.3) is 5.56 Å². The van der Waals surface area contributed by atoms with Crippen LogP contribution in [0, 0.1) is 11.8 Å². The van der Waals surface area contributed by atoms with Gasteiger partial charge in [0.05, 0.1) is 10.9 Å². The lowest BCUT2D eigenvalue weighted by atomic mass is 9.81. The lowest BCUT2D eigenvalue weighted by molar-refractivity contribution is -0.139. The van der Waals surface area contributed by atoms with E-state index in [4.69, 9.17) is 11.6 Å². The lowest BCUT2D eigenvalue weighted by Gasteiger charge is -2.39. The maximum Gasteiger partial charge on any atom is 0.328 e. The molecule has 1 saturated carbocycles. The molecule has 2 heterocycles. The number of hydrogen-bond donors (Lipinski definition) is 1. The highest BCUT2D eigenvalue weighted by molar-refractivity contribution is 6.31. The number of nitrogens with one attached hydrogen (secondary N) is 1. The number of hydrogen-bond acceptors (Lipinski definition) is 4. The Kier molecular flexibility index (Phi) is 6.53. The fraction of sp³-hybridized carbons (Fsp3) is 0.609. The van der Waals surface area contributed by atoms with E-state index in [9.17, 15) is 14.4 Å². The first-order chi connectivity index (χ1) is 14.8. The third kappa shape index (κ3) is 4.72. The summed E-state index contributed by atoms with van der Waals surface area (Å²) in [6.45, 7) is 8.26. The van der Waals surface area contributed by atoms with Crippen molar-refractivity contribution in [2.45, 2.75) is 52.1 Å². The largest absolute Gasteiger partial charge is 0.340 e. The average Bonchev–Trinajstić information content (AvgIpc) is 2.77. The van der Waals surface area contributed by atoms with Crippen LogP contribution in [0.5, 0.6) is 0 Å². The van der Waals surface area contributed by atoms with Crippen LogP contribution in [0.15, 0.2) is 27.8 Å². The number of H-pyrrole nitrogens is 1. The molecule has 2 aliphatic rings. The van der Waals surface area contributed by atoms with Crippen molar-refractivity contribution in [1.29, 1.82) is 0 Å². The van der Waals surface area contributed by atoms with Crippen LogP contribution in [-0.2, 0) is 11.3 Å². The number of piperazine rings is 1. The van der Waals surface area contributed by atoms with Gasteiger partial charge in [0, 0.05) is 49.7 Å². The molecule has 1 aromatic carbocycles. The van der Waals surface area contributed by atoms with Gasteiger partial charge < -0.3 is 9.88 Å². The van der Waals surface area contributed by atoms with Crippen molar-refractivity contribution >= 4 is 28.4 Å². The minimum atomic E-state index is -0.388. The van der Waals surface area contributed by atoms with Crippen LogP contribution in [0.1, 0.15) is 39.5 Å². The van der Waals surface area contributed by atoms with E-state index in [1.807, 2.05) is 4.90 Å². The Bertz CT molecular complexity index is 1060. The summed E-state index contributed by atoms with van der Waals surface area (Å²) in [6.07, 6.45) is 3.34. The molecule has 0 bridgehead atoms. The molecule has 1 amide bonds. The zero-order valence-electron chi connectivity index (χ0n) is 18.3. The zero-order valence-corrected chi connectivity index (χ0v) is 19.0. The molecule has 1 saturated heterocycles. The molecule has 4 rings (SSSR count). The van der Waals surface area contributed by atoms with Crippen molar-refractivity contribution in [3.8, 4) is 0 Å². The maximum absolute atomic E-state index is 13.0. The van der Waals surface area contributed by atoms with Crippen LogP contribution >= 0.6 is 11.6 Å². The molecule has 31 heavy (non-hydrogen) atoms. The fourth-order valence-corrected chi connectivity index (χ4v) is 5.13. The van der Waals surface area contributed by atoms with Crippen molar-refractivity contribution < 1.29 is 4.79 Å². The second kappa shape index (κ2) is 9.17. The minimum absolute atomic E-state index is 0.0623. The summed E-state index contributed by atoms with van der Waals surface area (Å²) in [4.78, 5) is 45.5. The SMILES string of the molecule is CC(C)N1CCN(C(=O)C2CCC(Cn3c(=O)[nH]c4ccc(Cl)cc4c3=O)CC2)CC1. The van der Waals surface area contributed by atoms with Crippen LogP contribution in [0.4, 0.5) is 0 Å². The summed E-state index contributed by atoms with van der Waals surface area (Å²) < 4.78 is 1.29. The van der Waals surface area contributed by atoms with E-state index in [-0.39, 0.29) is 29.0 Å². The standard InChI is InChI=1S/C23H31ClN4O3/c1-15(2)26-9-11-27(12-10-26)21(29)17-5-3-16(4-6-17)14-28-22(30)19-13-18(24)7-8-20(19)25-23(28)31/h7-8,13,15-17H,3-6,9-12,14H2,1-2H3,(H,25,31). The van der Waals surface area contributed by atoms with Crippen LogP contribution in [-0.4, -0.2) is 57.5 Å². The van der Waals surface area contributed by atoms with E-state index in [0.29, 0.717) is 28.5 Å². The Labute approximate surface area is 187 Å². The first-order valence-corrected chi connectivity index (χ1v) is 11.7. The van der Waals surface area contributed by atoms with Gasteiger partial charge in [0.1, 0.15) is 0 Å². The van der Waals surface area contributed by atoms with Gasteiger partial charge in [-0.2, -0.15) is 0 Å². The highest BCUT2D eigenvalue weighted by atomic mass is 35.5. The second-order valence-electron chi connectivity index (χ2n) is 9.21. The Morgan fingerprint density at radius 3 is 2.42 bits per heavy atom. The van der Waals surface area contributed by atoms with E-state index in [1.54, 1.807) is 18.2 Å². The first-order valence-electron chi connectivity index (χ1n) is 11.3. The quantitative estimate of drug-likeness (QED) is 0.783. The summed E-state index contributed by atoms with van der Waals surface area (Å²) in [6, 6.07) is 5.43. The molecule has 2 fully saturated rings. The van der Waals surface area contributed by atoms with Gasteiger partial charge in [-0.1, -0.05) is 11.6 Å². The van der Waals surface area contributed by atoms with Crippen LogP contribution in [0.25, 0.3) is 10.9 Å². The molecule has 0 spiro atoms. The number of carbonyl (C=O) groups is 1. The van der Waals surface area contributed by atoms with Crippen LogP contribution in [0.3, 0.4) is 0 Å². The maximum atomic E-state index is 13.0. The number of rotatable bonds is 4. The number of halogens is 1. The van der Waals surface area contributed by atoms with Gasteiger partial charge in [-0.15, -0.1) is 0 Å². The van der Waals surface area contributed by atoms with Crippen molar-refractivity contribution in [1.82, 2.24) is 19.4 Å². The predicted molar refractivity (Wildman–Crippen MR) is 123 cm³/mol. The van der Waals surface area contributed by atoms with Crippen molar-refractivity contribution in [2.24, 2.45) is 11.8 Å². The highest BCUT2D eigenvalue weighted by Crippen LogP contribution is 2.31. The molecule has 1 N–H and O–H groups in total. The molecular formula is C23H31ClN4O3. The number of amides is 1. The number of benzene rings is 1. The normalized spacial score (nSPS) is 22.9. The Balaban J connectivity index is 1.37. The zero-order chi connectivity index (χ0) is 22.1. The molecule has 8 heteroatoms. The van der Waals surface area contributed by atoms with Gasteiger partial charge in [0.15, 0.2) is 0 Å². The van der Waals surface area contributed by atoms with Gasteiger partial charge in [-0.05, 0) is 63.6 Å². The fourth-order valence-electron chi connectivity index (χ4n) is 4.96. The number of aromatic amines is 1. The molecule has 1 aliphatic heterocycles. The van der Waals surface area contributed by atoms with E-state index in [1.165, 1.54) is 4.57 Å². The number of aromatic nitrogens is 2. The molecular weight excluding hydrogens is 416 g/mol. The summed E-state index contributed by atoms with van der Waals surface area (Å²) >= 11 is 6.03. The monoisotopic (exact) mass is 446 g/mol. The third-order valence-corrected chi connectivity index (χ3v) is 7.17. The summed E-state index contributed by atoms with van der Waals surface area (Å²) in [5, 5.41) is 0.896. The number of nitrogens with zero attached hydrogens (tertiary/aromatic N) is 3. The molecule has 168 valence electrons. The first kappa shape index (κ1) is 22.1. The molecule has 0 unspecified atom stereocenters. The summed E-state index contributed by atoms with van der Waals surface area (Å²) in [5.41, 5.74) is -0.189. The Hall–Kier alpha value is -2.12. The summed E-state index contributed by atoms with van der Waals surface area (Å²) in [7, 11) is 0. The van der Waals surface area contributed by atoms with Gasteiger partial charge in [-0.3, -0.25) is 19.1 Å². The molecule has 0 atom stereocenters. The van der Waals surface area contributed by atoms with Gasteiger partial charge >= 0.3 is 5.69 Å². The van der Waals surface area contributed by atoms with Crippen LogP contribution in [0.2, 0.25) is 5.02 Å². The molecule has 0 radical (unpaired) electrons. The Morgan fingerprint density at radius 1 is 1.10 bits per heavy atom. The minimum Gasteiger partial charge on any atom is -0.340 e. The van der Waals surface area contributed by atoms with Gasteiger partial charge in [-0.25, -0.2) is 4.79 Å². The van der Waals surface area contributed by atoms with Crippen LogP contribution < -0.4 is 11.2 Å². The van der Waals surface area contributed by atoms with Gasteiger partial charge in [0.2, 0.25) is 5.91 Å². The van der Waals surface area contributed by atoms with E-state index in [2.05, 4.69) is 23.7 Å². The highest BCUT2D eigenvalue weighted by Gasteiger charge is 2.31. The number of carbonyl (C=O) groups excluding carboxylic acids is 1. The topological polar surface area (TPSA) is 78.4 Å². The Morgan fingerprint density at radius 2 is 1.77 bits per heavy atom. The average molecular weight is 447 g/mol. The smallest absolute Gasteiger partial charge is 0.328 e. The summed E-state index contributed by atoms with van der Waals surface area (Å²) in [5.74, 6) is 0.557. The molecule has 1 aromatic heterocycles. The lowest BCUT2D eigenvalue weighted by Crippen LogP contribution is -2.52. The number of fused-ring (bicyclic) bond motifs is 1. The molecule has 7 nitrogen and oxygen atoms in total. The van der Waals surface area contributed by atoms with Crippen molar-refractivity contribution in [3.63, 3.8) is 0 Å². The van der Waals surface area contributed by atoms with Crippen molar-refractivity contribution in [2.75, 3.05) is 26.2 Å². The molecule has 1 aliphatic carbocycles. The molecule has 2 aromatic rings. The van der Waals surface area contributed by atoms with E-state index < -0.39 is 0 Å². The van der Waals surface area contributed by atoms with Crippen molar-refractivity contribution in [3.05, 3.63) is 44.1 Å².